The Balaban J connectivity index is 2.23. The fraction of sp³-hybridized carbons (Fsp3) is 0.692. The first kappa shape index (κ1) is 12.3. The molecule has 1 saturated heterocycles. The first-order valence-electron chi connectivity index (χ1n) is 6.60. The largest absolute Gasteiger partial charge is 0.339 e. The number of aryl methyl sites for hydroxylation is 2. The molecule has 0 aromatic carbocycles. The van der Waals surface area contributed by atoms with Crippen LogP contribution in [0.15, 0.2) is 6.07 Å². The Bertz CT molecular complexity index is 355. The molecule has 1 fully saturated rings. The van der Waals surface area contributed by atoms with Gasteiger partial charge < -0.3 is 10.6 Å². The van der Waals surface area contributed by atoms with Crippen molar-refractivity contribution in [1.29, 1.82) is 0 Å². The highest BCUT2D eigenvalue weighted by atomic mass is 15.3. The number of aromatic nitrogens is 2. The maximum atomic E-state index is 6.01. The smallest absolute Gasteiger partial charge is 0.225 e. The lowest BCUT2D eigenvalue weighted by Gasteiger charge is -2.31. The van der Waals surface area contributed by atoms with E-state index in [2.05, 4.69) is 34.8 Å². The zero-order chi connectivity index (χ0) is 12.3. The van der Waals surface area contributed by atoms with Crippen LogP contribution in [0.5, 0.6) is 0 Å². The first-order valence-corrected chi connectivity index (χ1v) is 6.60. The molecule has 0 spiro atoms. The van der Waals surface area contributed by atoms with Crippen molar-refractivity contribution in [3.05, 3.63) is 17.5 Å². The van der Waals surface area contributed by atoms with Gasteiger partial charge in [0.2, 0.25) is 5.95 Å². The molecule has 2 heterocycles. The third-order valence-corrected chi connectivity index (χ3v) is 3.29. The molecule has 0 amide bonds. The van der Waals surface area contributed by atoms with Crippen LogP contribution in [-0.4, -0.2) is 29.1 Å². The van der Waals surface area contributed by atoms with Gasteiger partial charge in [-0.25, -0.2) is 9.97 Å². The number of anilines is 1. The lowest BCUT2D eigenvalue weighted by Crippen LogP contribution is -2.43. The van der Waals surface area contributed by atoms with Crippen LogP contribution in [0.1, 0.15) is 38.1 Å². The Morgan fingerprint density at radius 2 is 1.94 bits per heavy atom. The molecule has 0 aliphatic carbocycles. The van der Waals surface area contributed by atoms with Crippen LogP contribution in [0, 0.1) is 0 Å². The van der Waals surface area contributed by atoms with Crippen LogP contribution in [0.4, 0.5) is 5.95 Å². The molecule has 1 aromatic rings. The number of nitrogens with two attached hydrogens (primary N) is 1. The number of hydrogen-bond acceptors (Lipinski definition) is 4. The predicted octanol–water partition coefficient (Wildman–Crippen LogP) is 1.53. The molecule has 2 N–H and O–H groups in total. The van der Waals surface area contributed by atoms with Crippen LogP contribution in [0.25, 0.3) is 0 Å². The van der Waals surface area contributed by atoms with Crippen molar-refractivity contribution in [2.45, 2.75) is 45.6 Å². The summed E-state index contributed by atoms with van der Waals surface area (Å²) >= 11 is 0. The van der Waals surface area contributed by atoms with E-state index in [1.165, 1.54) is 0 Å². The van der Waals surface area contributed by atoms with E-state index in [0.717, 1.165) is 56.1 Å². The van der Waals surface area contributed by atoms with Crippen LogP contribution >= 0.6 is 0 Å². The van der Waals surface area contributed by atoms with E-state index < -0.39 is 0 Å². The van der Waals surface area contributed by atoms with E-state index in [9.17, 15) is 0 Å². The molecule has 94 valence electrons. The van der Waals surface area contributed by atoms with E-state index in [-0.39, 0.29) is 6.04 Å². The molecule has 17 heavy (non-hydrogen) atoms. The van der Waals surface area contributed by atoms with E-state index in [4.69, 9.17) is 5.73 Å². The molecule has 2 rings (SSSR count). The van der Waals surface area contributed by atoms with Crippen LogP contribution in [-0.2, 0) is 12.8 Å². The summed E-state index contributed by atoms with van der Waals surface area (Å²) in [6, 6.07) is 2.37. The van der Waals surface area contributed by atoms with Gasteiger partial charge in [-0.2, -0.15) is 0 Å². The van der Waals surface area contributed by atoms with Gasteiger partial charge in [-0.1, -0.05) is 13.8 Å². The Labute approximate surface area is 103 Å². The minimum atomic E-state index is 0.266. The van der Waals surface area contributed by atoms with Crippen LogP contribution < -0.4 is 10.6 Å². The summed E-state index contributed by atoms with van der Waals surface area (Å²) in [5, 5.41) is 0. The van der Waals surface area contributed by atoms with Crippen molar-refractivity contribution in [3.8, 4) is 0 Å². The molecular weight excluding hydrogens is 212 g/mol. The predicted molar refractivity (Wildman–Crippen MR) is 70.2 cm³/mol. The summed E-state index contributed by atoms with van der Waals surface area (Å²) in [4.78, 5) is 11.5. The lowest BCUT2D eigenvalue weighted by atomic mass is 10.1. The first-order chi connectivity index (χ1) is 8.22. The molecule has 4 nitrogen and oxygen atoms in total. The van der Waals surface area contributed by atoms with Gasteiger partial charge in [-0.3, -0.25) is 0 Å². The molecular formula is C13H22N4. The maximum absolute atomic E-state index is 6.01. The van der Waals surface area contributed by atoms with Gasteiger partial charge >= 0.3 is 0 Å². The van der Waals surface area contributed by atoms with Crippen molar-refractivity contribution in [2.24, 2.45) is 5.73 Å². The molecule has 1 aliphatic heterocycles. The molecule has 0 bridgehead atoms. The van der Waals surface area contributed by atoms with Gasteiger partial charge in [-0.05, 0) is 31.7 Å². The molecule has 0 saturated carbocycles. The normalized spacial score (nSPS) is 20.6. The van der Waals surface area contributed by atoms with Crippen LogP contribution in [0.2, 0.25) is 0 Å². The summed E-state index contributed by atoms with van der Waals surface area (Å²) in [5.41, 5.74) is 8.27. The highest BCUT2D eigenvalue weighted by Crippen LogP contribution is 2.17. The molecule has 1 unspecified atom stereocenters. The van der Waals surface area contributed by atoms with Crippen molar-refractivity contribution in [2.75, 3.05) is 18.0 Å². The average Bonchev–Trinajstić information content (AvgIpc) is 2.38. The Hall–Kier alpha value is -1.16. The molecule has 1 aliphatic rings. The van der Waals surface area contributed by atoms with Gasteiger partial charge in [0.15, 0.2) is 0 Å². The van der Waals surface area contributed by atoms with Gasteiger partial charge in [0.25, 0.3) is 0 Å². The SMILES string of the molecule is CCc1cc(CC)nc(N2CCCC(N)C2)n1. The number of hydrogen-bond donors (Lipinski definition) is 1. The standard InChI is InChI=1S/C13H22N4/c1-3-11-8-12(4-2)16-13(15-11)17-7-5-6-10(14)9-17/h8,10H,3-7,9,14H2,1-2H3. The Morgan fingerprint density at radius 3 is 2.47 bits per heavy atom. The zero-order valence-corrected chi connectivity index (χ0v) is 10.8. The van der Waals surface area contributed by atoms with Gasteiger partial charge in [0.1, 0.15) is 0 Å². The highest BCUT2D eigenvalue weighted by Gasteiger charge is 2.19. The fourth-order valence-electron chi connectivity index (χ4n) is 2.23. The highest BCUT2D eigenvalue weighted by molar-refractivity contribution is 5.33. The summed E-state index contributed by atoms with van der Waals surface area (Å²) in [6.07, 6.45) is 4.18. The van der Waals surface area contributed by atoms with Gasteiger partial charge in [0.05, 0.1) is 0 Å². The Kier molecular flexibility index (Phi) is 3.94. The quantitative estimate of drug-likeness (QED) is 0.861. The second-order valence-electron chi connectivity index (χ2n) is 4.71. The number of rotatable bonds is 3. The molecule has 1 atom stereocenters. The van der Waals surface area contributed by atoms with E-state index in [1.807, 2.05) is 0 Å². The zero-order valence-electron chi connectivity index (χ0n) is 10.8. The van der Waals surface area contributed by atoms with Crippen molar-refractivity contribution in [3.63, 3.8) is 0 Å². The third-order valence-electron chi connectivity index (χ3n) is 3.29. The fourth-order valence-corrected chi connectivity index (χ4v) is 2.23. The summed E-state index contributed by atoms with van der Waals surface area (Å²) in [5.74, 6) is 0.872. The molecule has 1 aromatic heterocycles. The van der Waals surface area contributed by atoms with E-state index in [0.29, 0.717) is 0 Å². The van der Waals surface area contributed by atoms with Crippen molar-refractivity contribution in [1.82, 2.24) is 9.97 Å². The lowest BCUT2D eigenvalue weighted by molar-refractivity contribution is 0.499. The van der Waals surface area contributed by atoms with E-state index in [1.54, 1.807) is 0 Å². The number of piperidine rings is 1. The van der Waals surface area contributed by atoms with Crippen molar-refractivity contribution < 1.29 is 0 Å². The second-order valence-corrected chi connectivity index (χ2v) is 4.71. The summed E-state index contributed by atoms with van der Waals surface area (Å²) in [7, 11) is 0. The van der Waals surface area contributed by atoms with Gasteiger partial charge in [0, 0.05) is 30.5 Å². The monoisotopic (exact) mass is 234 g/mol. The third kappa shape index (κ3) is 2.94. The minimum Gasteiger partial charge on any atom is -0.339 e. The molecule has 4 heteroatoms. The van der Waals surface area contributed by atoms with E-state index >= 15 is 0 Å². The van der Waals surface area contributed by atoms with Gasteiger partial charge in [-0.15, -0.1) is 0 Å². The second kappa shape index (κ2) is 5.45. The Morgan fingerprint density at radius 1 is 1.29 bits per heavy atom. The number of nitrogens with zero attached hydrogens (tertiary/aromatic N) is 3. The summed E-state index contributed by atoms with van der Waals surface area (Å²) < 4.78 is 0. The molecule has 0 radical (unpaired) electrons. The average molecular weight is 234 g/mol. The van der Waals surface area contributed by atoms with Crippen molar-refractivity contribution >= 4 is 5.95 Å². The minimum absolute atomic E-state index is 0.266. The summed E-state index contributed by atoms with van der Waals surface area (Å²) in [6.45, 7) is 6.18. The topological polar surface area (TPSA) is 55.0 Å². The van der Waals surface area contributed by atoms with Crippen LogP contribution in [0.3, 0.4) is 0 Å². The maximum Gasteiger partial charge on any atom is 0.225 e.